The lowest BCUT2D eigenvalue weighted by atomic mass is 10.1. The highest BCUT2D eigenvalue weighted by molar-refractivity contribution is 5.92. The zero-order valence-electron chi connectivity index (χ0n) is 13.3. The van der Waals surface area contributed by atoms with E-state index < -0.39 is 4.92 Å². The van der Waals surface area contributed by atoms with Gasteiger partial charge in [0.1, 0.15) is 5.76 Å². The molecule has 1 aromatic heterocycles. The number of amides is 1. The zero-order valence-corrected chi connectivity index (χ0v) is 13.3. The number of nitrogens with one attached hydrogen (secondary N) is 1. The normalized spacial score (nSPS) is 10.4. The number of furan rings is 1. The summed E-state index contributed by atoms with van der Waals surface area (Å²) < 4.78 is 5.55. The predicted molar refractivity (Wildman–Crippen MR) is 93.3 cm³/mol. The first-order valence-electron chi connectivity index (χ1n) is 7.80. The summed E-state index contributed by atoms with van der Waals surface area (Å²) in [6.45, 7) is 0.510. The maximum Gasteiger partial charge on any atom is 0.287 e. The van der Waals surface area contributed by atoms with Gasteiger partial charge in [-0.15, -0.1) is 0 Å². The van der Waals surface area contributed by atoms with Crippen molar-refractivity contribution in [1.82, 2.24) is 5.32 Å². The molecule has 3 aromatic rings. The van der Waals surface area contributed by atoms with Crippen LogP contribution in [0.3, 0.4) is 0 Å². The number of rotatable bonds is 6. The van der Waals surface area contributed by atoms with Crippen LogP contribution in [0.25, 0.3) is 11.3 Å². The van der Waals surface area contributed by atoms with E-state index in [0.717, 1.165) is 12.0 Å². The van der Waals surface area contributed by atoms with Gasteiger partial charge >= 0.3 is 0 Å². The standard InChI is InChI=1S/C19H16N2O4/c22-19(20-13-12-14-4-2-1-3-5-14)18-11-10-17(25-18)15-6-8-16(9-7-15)21(23)24/h1-11H,12-13H2,(H,20,22). The highest BCUT2D eigenvalue weighted by atomic mass is 16.6. The van der Waals surface area contributed by atoms with Crippen molar-refractivity contribution in [2.45, 2.75) is 6.42 Å². The molecule has 0 aliphatic rings. The van der Waals surface area contributed by atoms with Gasteiger partial charge in [0, 0.05) is 24.2 Å². The molecule has 0 fully saturated rings. The van der Waals surface area contributed by atoms with Gasteiger partial charge in [0.2, 0.25) is 0 Å². The van der Waals surface area contributed by atoms with Gasteiger partial charge in [0.05, 0.1) is 4.92 Å². The summed E-state index contributed by atoms with van der Waals surface area (Å²) >= 11 is 0. The molecule has 25 heavy (non-hydrogen) atoms. The minimum atomic E-state index is -0.461. The largest absolute Gasteiger partial charge is 0.451 e. The Kier molecular flexibility index (Phi) is 4.89. The van der Waals surface area contributed by atoms with E-state index in [1.165, 1.54) is 12.1 Å². The minimum Gasteiger partial charge on any atom is -0.451 e. The Bertz CT molecular complexity index is 870. The Balaban J connectivity index is 1.60. The van der Waals surface area contributed by atoms with Gasteiger partial charge in [0.25, 0.3) is 11.6 Å². The second kappa shape index (κ2) is 7.44. The Morgan fingerprint density at radius 1 is 1.00 bits per heavy atom. The zero-order chi connectivity index (χ0) is 17.6. The maximum absolute atomic E-state index is 12.1. The van der Waals surface area contributed by atoms with Crippen molar-refractivity contribution in [1.29, 1.82) is 0 Å². The second-order valence-corrected chi connectivity index (χ2v) is 5.46. The number of nitro benzene ring substituents is 1. The number of hydrogen-bond acceptors (Lipinski definition) is 4. The molecule has 126 valence electrons. The Labute approximate surface area is 144 Å². The molecule has 3 rings (SSSR count). The first-order chi connectivity index (χ1) is 12.1. The van der Waals surface area contributed by atoms with Crippen molar-refractivity contribution in [3.63, 3.8) is 0 Å². The van der Waals surface area contributed by atoms with E-state index >= 15 is 0 Å². The van der Waals surface area contributed by atoms with E-state index in [9.17, 15) is 14.9 Å². The van der Waals surface area contributed by atoms with Crippen LogP contribution in [0, 0.1) is 10.1 Å². The number of non-ortho nitro benzene ring substituents is 1. The molecule has 0 unspecified atom stereocenters. The molecule has 0 bridgehead atoms. The van der Waals surface area contributed by atoms with E-state index in [-0.39, 0.29) is 17.4 Å². The van der Waals surface area contributed by atoms with Gasteiger partial charge in [-0.25, -0.2) is 0 Å². The number of hydrogen-bond donors (Lipinski definition) is 1. The first-order valence-corrected chi connectivity index (χ1v) is 7.80. The monoisotopic (exact) mass is 336 g/mol. The topological polar surface area (TPSA) is 85.4 Å². The van der Waals surface area contributed by atoms with E-state index in [0.29, 0.717) is 17.9 Å². The molecule has 1 amide bonds. The van der Waals surface area contributed by atoms with Crippen LogP contribution in [0.15, 0.2) is 71.1 Å². The van der Waals surface area contributed by atoms with Crippen LogP contribution in [-0.4, -0.2) is 17.4 Å². The van der Waals surface area contributed by atoms with Crippen molar-refractivity contribution in [3.05, 3.63) is 88.2 Å². The summed E-state index contributed by atoms with van der Waals surface area (Å²) in [7, 11) is 0. The Morgan fingerprint density at radius 3 is 2.40 bits per heavy atom. The molecule has 0 saturated heterocycles. The van der Waals surface area contributed by atoms with Gasteiger partial charge in [0.15, 0.2) is 5.76 Å². The number of carbonyl (C=O) groups excluding carboxylic acids is 1. The lowest BCUT2D eigenvalue weighted by molar-refractivity contribution is -0.384. The summed E-state index contributed by atoms with van der Waals surface area (Å²) in [4.78, 5) is 22.3. The molecule has 0 atom stereocenters. The summed E-state index contributed by atoms with van der Waals surface area (Å²) in [5, 5.41) is 13.5. The molecule has 0 saturated carbocycles. The first kappa shape index (κ1) is 16.4. The van der Waals surface area contributed by atoms with Crippen molar-refractivity contribution >= 4 is 11.6 Å². The molecule has 1 N–H and O–H groups in total. The summed E-state index contributed by atoms with van der Waals surface area (Å²) in [5.74, 6) is 0.411. The lowest BCUT2D eigenvalue weighted by Crippen LogP contribution is -2.25. The number of carbonyl (C=O) groups is 1. The summed E-state index contributed by atoms with van der Waals surface area (Å²) in [6, 6.07) is 19.1. The van der Waals surface area contributed by atoms with E-state index in [4.69, 9.17) is 4.42 Å². The lowest BCUT2D eigenvalue weighted by Gasteiger charge is -2.03. The molecular weight excluding hydrogens is 320 g/mol. The molecule has 1 heterocycles. The summed E-state index contributed by atoms with van der Waals surface area (Å²) in [6.07, 6.45) is 0.739. The SMILES string of the molecule is O=C(NCCc1ccccc1)c1ccc(-c2ccc([N+](=O)[O-])cc2)o1. The third-order valence-electron chi connectivity index (χ3n) is 3.73. The molecule has 6 heteroatoms. The van der Waals surface area contributed by atoms with Gasteiger partial charge in [-0.2, -0.15) is 0 Å². The molecule has 0 radical (unpaired) electrons. The highest BCUT2D eigenvalue weighted by Crippen LogP contribution is 2.24. The quantitative estimate of drug-likeness (QED) is 0.547. The van der Waals surface area contributed by atoms with Crippen LogP contribution in [0.2, 0.25) is 0 Å². The molecule has 0 aliphatic heterocycles. The van der Waals surface area contributed by atoms with Gasteiger partial charge < -0.3 is 9.73 Å². The third kappa shape index (κ3) is 4.11. The average Bonchev–Trinajstić information content (AvgIpc) is 3.13. The van der Waals surface area contributed by atoms with Crippen LogP contribution in [0.5, 0.6) is 0 Å². The van der Waals surface area contributed by atoms with Crippen molar-refractivity contribution < 1.29 is 14.1 Å². The van der Waals surface area contributed by atoms with Crippen LogP contribution in [-0.2, 0) is 6.42 Å². The maximum atomic E-state index is 12.1. The summed E-state index contributed by atoms with van der Waals surface area (Å²) in [5.41, 5.74) is 1.83. The van der Waals surface area contributed by atoms with Gasteiger partial charge in [-0.3, -0.25) is 14.9 Å². The van der Waals surface area contributed by atoms with Crippen LogP contribution in [0.1, 0.15) is 16.1 Å². The number of nitro groups is 1. The van der Waals surface area contributed by atoms with Crippen LogP contribution < -0.4 is 5.32 Å². The van der Waals surface area contributed by atoms with Crippen LogP contribution in [0.4, 0.5) is 5.69 Å². The second-order valence-electron chi connectivity index (χ2n) is 5.46. The smallest absolute Gasteiger partial charge is 0.287 e. The van der Waals surface area contributed by atoms with Crippen molar-refractivity contribution in [3.8, 4) is 11.3 Å². The van der Waals surface area contributed by atoms with Gasteiger partial charge in [-0.05, 0) is 36.2 Å². The fourth-order valence-electron chi connectivity index (χ4n) is 2.41. The van der Waals surface area contributed by atoms with E-state index in [1.807, 2.05) is 30.3 Å². The fraction of sp³-hybridized carbons (Fsp3) is 0.105. The van der Waals surface area contributed by atoms with Crippen molar-refractivity contribution in [2.24, 2.45) is 0 Å². The van der Waals surface area contributed by atoms with Crippen LogP contribution >= 0.6 is 0 Å². The van der Waals surface area contributed by atoms with E-state index in [1.54, 1.807) is 24.3 Å². The molecule has 0 spiro atoms. The number of benzene rings is 2. The van der Waals surface area contributed by atoms with Crippen molar-refractivity contribution in [2.75, 3.05) is 6.54 Å². The fourth-order valence-corrected chi connectivity index (χ4v) is 2.41. The molecule has 2 aromatic carbocycles. The minimum absolute atomic E-state index is 0.00850. The molecule has 0 aliphatic carbocycles. The van der Waals surface area contributed by atoms with E-state index in [2.05, 4.69) is 5.32 Å². The Hall–Kier alpha value is -3.41. The van der Waals surface area contributed by atoms with Gasteiger partial charge in [-0.1, -0.05) is 30.3 Å². The third-order valence-corrected chi connectivity index (χ3v) is 3.73. The average molecular weight is 336 g/mol. The molecule has 6 nitrogen and oxygen atoms in total. The Morgan fingerprint density at radius 2 is 1.72 bits per heavy atom. The highest BCUT2D eigenvalue weighted by Gasteiger charge is 2.13. The predicted octanol–water partition coefficient (Wildman–Crippen LogP) is 3.83. The number of nitrogens with zero attached hydrogens (tertiary/aromatic N) is 1. The molecular formula is C19H16N2O4.